The second-order valence-corrected chi connectivity index (χ2v) is 6.85. The zero-order chi connectivity index (χ0) is 20.9. The number of amides is 1. The van der Waals surface area contributed by atoms with Crippen LogP contribution in [0.4, 0.5) is 13.2 Å². The summed E-state index contributed by atoms with van der Waals surface area (Å²) in [6.07, 6.45) is 4.53. The molecule has 0 spiro atoms. The molecule has 0 saturated carbocycles. The Morgan fingerprint density at radius 2 is 1.79 bits per heavy atom. The molecule has 3 aromatic heterocycles. The number of aromatic nitrogens is 2. The summed E-state index contributed by atoms with van der Waals surface area (Å²) in [5.41, 5.74) is 0.432. The molecular weight excluding hydrogens is 383 g/mol. The highest BCUT2D eigenvalue weighted by molar-refractivity contribution is 5.96. The Kier molecular flexibility index (Phi) is 4.41. The Morgan fingerprint density at radius 1 is 1.10 bits per heavy atom. The Morgan fingerprint density at radius 3 is 2.48 bits per heavy atom. The van der Waals surface area contributed by atoms with Crippen molar-refractivity contribution in [2.45, 2.75) is 13.0 Å². The number of H-pyrrole nitrogens is 1. The van der Waals surface area contributed by atoms with Crippen LogP contribution in [0.1, 0.15) is 28.9 Å². The average molecular weight is 399 g/mol. The van der Waals surface area contributed by atoms with Crippen LogP contribution >= 0.6 is 0 Å². The average Bonchev–Trinajstić information content (AvgIpc) is 3.14. The normalized spacial score (nSPS) is 12.4. The van der Waals surface area contributed by atoms with Crippen molar-refractivity contribution in [3.8, 4) is 0 Å². The van der Waals surface area contributed by atoms with Crippen LogP contribution in [0.3, 0.4) is 0 Å². The molecule has 5 nitrogen and oxygen atoms in total. The monoisotopic (exact) mass is 399 g/mol. The molecule has 1 amide bonds. The van der Waals surface area contributed by atoms with Gasteiger partial charge in [0.25, 0.3) is 11.5 Å². The van der Waals surface area contributed by atoms with Crippen molar-refractivity contribution in [3.63, 3.8) is 0 Å². The molecule has 0 saturated heterocycles. The lowest BCUT2D eigenvalue weighted by atomic mass is 10.0. The third-order valence-corrected chi connectivity index (χ3v) is 5.16. The first-order valence-electron chi connectivity index (χ1n) is 8.81. The Labute approximate surface area is 163 Å². The number of benzene rings is 1. The largest absolute Gasteiger partial charge is 0.335 e. The van der Waals surface area contributed by atoms with E-state index in [-0.39, 0.29) is 27.8 Å². The smallest absolute Gasteiger partial charge is 0.255 e. The Balaban J connectivity index is 1.75. The van der Waals surface area contributed by atoms with Crippen molar-refractivity contribution in [1.29, 1.82) is 0 Å². The molecule has 0 bridgehead atoms. The van der Waals surface area contributed by atoms with Crippen LogP contribution in [0.2, 0.25) is 0 Å². The van der Waals surface area contributed by atoms with Crippen molar-refractivity contribution in [2.24, 2.45) is 0 Å². The molecule has 3 heterocycles. The van der Waals surface area contributed by atoms with Crippen LogP contribution < -0.4 is 5.56 Å². The summed E-state index contributed by atoms with van der Waals surface area (Å²) < 4.78 is 42.8. The van der Waals surface area contributed by atoms with Crippen molar-refractivity contribution >= 4 is 22.2 Å². The third kappa shape index (κ3) is 3.06. The van der Waals surface area contributed by atoms with E-state index in [4.69, 9.17) is 0 Å². The highest BCUT2D eigenvalue weighted by Crippen LogP contribution is 2.28. The molecule has 0 radical (unpaired) electrons. The fourth-order valence-corrected chi connectivity index (χ4v) is 3.42. The maximum atomic E-state index is 13.9. The number of pyridine rings is 2. The van der Waals surface area contributed by atoms with Crippen molar-refractivity contribution in [3.05, 3.63) is 87.9 Å². The standard InChI is InChI=1S/C21H16F3N3O2/c1-11(15-9-25-20(28)14-8-18(24)17(23)7-13(14)15)26(2)21(29)12-6-19-16(22)4-3-5-27(19)10-12/h3-11H,1-2H3,(H,25,28)/t11-/m0/s1. The van der Waals surface area contributed by atoms with Crippen LogP contribution in [0.5, 0.6) is 0 Å². The number of nitrogens with one attached hydrogen (secondary N) is 1. The van der Waals surface area contributed by atoms with Crippen LogP contribution in [0.15, 0.2) is 53.7 Å². The minimum atomic E-state index is -1.13. The van der Waals surface area contributed by atoms with Crippen LogP contribution in [-0.4, -0.2) is 27.2 Å². The van der Waals surface area contributed by atoms with Gasteiger partial charge in [-0.15, -0.1) is 0 Å². The van der Waals surface area contributed by atoms with Gasteiger partial charge in [0.15, 0.2) is 11.6 Å². The lowest BCUT2D eigenvalue weighted by Crippen LogP contribution is -2.30. The van der Waals surface area contributed by atoms with Crippen LogP contribution in [0.25, 0.3) is 16.3 Å². The summed E-state index contributed by atoms with van der Waals surface area (Å²) in [5, 5.41) is 0.207. The molecular formula is C21H16F3N3O2. The predicted molar refractivity (Wildman–Crippen MR) is 102 cm³/mol. The molecule has 0 aliphatic rings. The number of hydrogen-bond donors (Lipinski definition) is 1. The number of hydrogen-bond acceptors (Lipinski definition) is 2. The second kappa shape index (κ2) is 6.80. The van der Waals surface area contributed by atoms with Gasteiger partial charge in [0.2, 0.25) is 0 Å². The van der Waals surface area contributed by atoms with Gasteiger partial charge in [0, 0.05) is 25.6 Å². The van der Waals surface area contributed by atoms with Crippen molar-refractivity contribution < 1.29 is 18.0 Å². The highest BCUT2D eigenvalue weighted by atomic mass is 19.2. The quantitative estimate of drug-likeness (QED) is 0.566. The van der Waals surface area contributed by atoms with Crippen molar-refractivity contribution in [2.75, 3.05) is 7.05 Å². The number of halogens is 3. The SMILES string of the molecule is C[C@@H](c1c[nH]c(=O)c2cc(F)c(F)cc12)N(C)C(=O)c1cc2c(F)cccn2c1. The zero-order valence-corrected chi connectivity index (χ0v) is 15.5. The van der Waals surface area contributed by atoms with Gasteiger partial charge in [0.1, 0.15) is 5.82 Å². The lowest BCUT2D eigenvalue weighted by molar-refractivity contribution is 0.0743. The van der Waals surface area contributed by atoms with E-state index in [1.165, 1.54) is 39.9 Å². The summed E-state index contributed by atoms with van der Waals surface area (Å²) in [7, 11) is 1.54. The van der Waals surface area contributed by atoms with Crippen molar-refractivity contribution in [1.82, 2.24) is 14.3 Å². The van der Waals surface area contributed by atoms with E-state index >= 15 is 0 Å². The molecule has 29 heavy (non-hydrogen) atoms. The molecule has 0 unspecified atom stereocenters. The highest BCUT2D eigenvalue weighted by Gasteiger charge is 2.23. The fraction of sp³-hybridized carbons (Fsp3) is 0.143. The summed E-state index contributed by atoms with van der Waals surface area (Å²) in [6.45, 7) is 1.70. The van der Waals surface area contributed by atoms with Gasteiger partial charge in [-0.3, -0.25) is 9.59 Å². The first kappa shape index (κ1) is 18.8. The summed E-state index contributed by atoms with van der Waals surface area (Å²) in [6, 6.07) is 5.48. The number of carbonyl (C=O) groups excluding carboxylic acids is 1. The Hall–Kier alpha value is -3.55. The molecule has 1 atom stereocenters. The minimum absolute atomic E-state index is 0.00854. The molecule has 148 valence electrons. The van der Waals surface area contributed by atoms with E-state index < -0.39 is 29.1 Å². The first-order chi connectivity index (χ1) is 13.8. The Bertz CT molecular complexity index is 1330. The minimum Gasteiger partial charge on any atom is -0.335 e. The van der Waals surface area contributed by atoms with E-state index in [9.17, 15) is 22.8 Å². The third-order valence-electron chi connectivity index (χ3n) is 5.16. The molecule has 4 aromatic rings. The van der Waals surface area contributed by atoms with E-state index in [1.807, 2.05) is 0 Å². The number of aromatic amines is 1. The van der Waals surface area contributed by atoms with E-state index in [0.29, 0.717) is 5.56 Å². The molecule has 0 aliphatic carbocycles. The molecule has 8 heteroatoms. The molecule has 0 aliphatic heterocycles. The number of nitrogens with zero attached hydrogens (tertiary/aromatic N) is 2. The second-order valence-electron chi connectivity index (χ2n) is 6.85. The van der Waals surface area contributed by atoms with Gasteiger partial charge >= 0.3 is 0 Å². The summed E-state index contributed by atoms with van der Waals surface area (Å²) >= 11 is 0. The van der Waals surface area contributed by atoms with Gasteiger partial charge in [-0.25, -0.2) is 13.2 Å². The van der Waals surface area contributed by atoms with E-state index in [0.717, 1.165) is 12.1 Å². The van der Waals surface area contributed by atoms with Gasteiger partial charge in [-0.1, -0.05) is 0 Å². The number of rotatable bonds is 3. The van der Waals surface area contributed by atoms with Gasteiger partial charge in [0.05, 0.1) is 22.5 Å². The first-order valence-corrected chi connectivity index (χ1v) is 8.81. The molecule has 1 aromatic carbocycles. The lowest BCUT2D eigenvalue weighted by Gasteiger charge is -2.26. The van der Waals surface area contributed by atoms with E-state index in [1.54, 1.807) is 20.2 Å². The van der Waals surface area contributed by atoms with Gasteiger partial charge < -0.3 is 14.3 Å². The maximum Gasteiger partial charge on any atom is 0.255 e. The topological polar surface area (TPSA) is 57.6 Å². The van der Waals surface area contributed by atoms with Gasteiger partial charge in [-0.2, -0.15) is 0 Å². The summed E-state index contributed by atoms with van der Waals surface area (Å²) in [4.78, 5) is 28.8. The fourth-order valence-electron chi connectivity index (χ4n) is 3.42. The summed E-state index contributed by atoms with van der Waals surface area (Å²) in [5.74, 6) is -3.05. The van der Waals surface area contributed by atoms with E-state index in [2.05, 4.69) is 4.98 Å². The van der Waals surface area contributed by atoms with Crippen LogP contribution in [0, 0.1) is 17.5 Å². The predicted octanol–water partition coefficient (Wildman–Crippen LogP) is 4.03. The number of carbonyl (C=O) groups is 1. The van der Waals surface area contributed by atoms with Crippen LogP contribution in [-0.2, 0) is 0 Å². The number of fused-ring (bicyclic) bond motifs is 2. The molecule has 1 N–H and O–H groups in total. The molecule has 4 rings (SSSR count). The zero-order valence-electron chi connectivity index (χ0n) is 15.5. The maximum absolute atomic E-state index is 13.9. The van der Waals surface area contributed by atoms with Gasteiger partial charge in [-0.05, 0) is 48.2 Å². The molecule has 0 fully saturated rings.